The second-order valence-corrected chi connectivity index (χ2v) is 10.1. The van der Waals surface area contributed by atoms with E-state index in [0.717, 1.165) is 38.5 Å². The maximum Gasteiger partial charge on any atom is 0.182 e. The summed E-state index contributed by atoms with van der Waals surface area (Å²) in [5.74, 6) is 0.767. The van der Waals surface area contributed by atoms with Crippen LogP contribution in [0.15, 0.2) is 11.6 Å². The summed E-state index contributed by atoms with van der Waals surface area (Å²) in [6, 6.07) is 2.08. The average Bonchev–Trinajstić information content (AvgIpc) is 3.19. The third-order valence-electron chi connectivity index (χ3n) is 9.31. The molecule has 5 aliphatic rings. The zero-order chi connectivity index (χ0) is 19.1. The quantitative estimate of drug-likeness (QED) is 0.504. The standard InChI is InChI=1S/C22H31NO4/c1-19-7-8-21(26-9-10-27-21)12-14(19)3-4-15-16(19)5-6-20(2)17(15)11-18(24)22(20,25)13-23/h3,15-18,24-25H,4-12H2,1-2H3/t15-,16+,17-,18-,19+,20+,22-/m1/s1. The summed E-state index contributed by atoms with van der Waals surface area (Å²) in [4.78, 5) is 0. The molecule has 4 aliphatic carbocycles. The van der Waals surface area contributed by atoms with E-state index in [0.29, 0.717) is 31.5 Å². The van der Waals surface area contributed by atoms with Crippen LogP contribution in [-0.4, -0.2) is 40.9 Å². The van der Waals surface area contributed by atoms with Crippen LogP contribution < -0.4 is 0 Å². The van der Waals surface area contributed by atoms with Crippen LogP contribution >= 0.6 is 0 Å². The molecule has 0 amide bonds. The van der Waals surface area contributed by atoms with E-state index in [4.69, 9.17) is 9.47 Å². The van der Waals surface area contributed by atoms with E-state index in [-0.39, 0.29) is 11.3 Å². The van der Waals surface area contributed by atoms with Crippen molar-refractivity contribution in [2.45, 2.75) is 76.3 Å². The number of nitrogens with zero attached hydrogens (tertiary/aromatic N) is 1. The first-order chi connectivity index (χ1) is 12.8. The Balaban J connectivity index is 1.48. The van der Waals surface area contributed by atoms with Crippen molar-refractivity contribution in [1.82, 2.24) is 0 Å². The summed E-state index contributed by atoms with van der Waals surface area (Å²) in [6.45, 7) is 5.83. The second-order valence-electron chi connectivity index (χ2n) is 10.1. The van der Waals surface area contributed by atoms with Crippen molar-refractivity contribution in [2.75, 3.05) is 13.2 Å². The summed E-state index contributed by atoms with van der Waals surface area (Å²) in [5, 5.41) is 31.2. The Bertz CT molecular complexity index is 722. The number of nitriles is 1. The first kappa shape index (κ1) is 18.1. The van der Waals surface area contributed by atoms with Gasteiger partial charge >= 0.3 is 0 Å². The molecule has 1 aliphatic heterocycles. The van der Waals surface area contributed by atoms with Crippen LogP contribution in [0.4, 0.5) is 0 Å². The van der Waals surface area contributed by atoms with E-state index in [1.165, 1.54) is 5.57 Å². The molecule has 0 unspecified atom stereocenters. The van der Waals surface area contributed by atoms with E-state index in [1.54, 1.807) is 0 Å². The lowest BCUT2D eigenvalue weighted by Crippen LogP contribution is -2.56. The fraction of sp³-hybridized carbons (Fsp3) is 0.864. The maximum atomic E-state index is 11.0. The van der Waals surface area contributed by atoms with Gasteiger partial charge in [-0.25, -0.2) is 0 Å². The number of hydrogen-bond donors (Lipinski definition) is 2. The van der Waals surface area contributed by atoms with Gasteiger partial charge in [0.15, 0.2) is 11.4 Å². The van der Waals surface area contributed by atoms with Gasteiger partial charge < -0.3 is 19.7 Å². The highest BCUT2D eigenvalue weighted by atomic mass is 16.7. The minimum Gasteiger partial charge on any atom is -0.389 e. The van der Waals surface area contributed by atoms with Gasteiger partial charge in [0, 0.05) is 18.3 Å². The molecule has 27 heavy (non-hydrogen) atoms. The predicted molar refractivity (Wildman–Crippen MR) is 98.3 cm³/mol. The van der Waals surface area contributed by atoms with Gasteiger partial charge in [0.05, 0.1) is 19.3 Å². The van der Waals surface area contributed by atoms with Crippen LogP contribution in [0.25, 0.3) is 0 Å². The van der Waals surface area contributed by atoms with Crippen molar-refractivity contribution in [3.05, 3.63) is 11.6 Å². The minimum absolute atomic E-state index is 0.142. The average molecular weight is 373 g/mol. The van der Waals surface area contributed by atoms with Gasteiger partial charge in [0.25, 0.3) is 0 Å². The molecule has 4 fully saturated rings. The molecular formula is C22H31NO4. The van der Waals surface area contributed by atoms with Crippen LogP contribution in [-0.2, 0) is 9.47 Å². The monoisotopic (exact) mass is 373 g/mol. The van der Waals surface area contributed by atoms with Gasteiger partial charge in [-0.15, -0.1) is 0 Å². The number of ether oxygens (including phenoxy) is 2. The molecule has 2 N–H and O–H groups in total. The van der Waals surface area contributed by atoms with Gasteiger partial charge in [0.1, 0.15) is 6.07 Å². The Hall–Kier alpha value is -0.930. The van der Waals surface area contributed by atoms with E-state index < -0.39 is 22.9 Å². The lowest BCUT2D eigenvalue weighted by atomic mass is 9.47. The summed E-state index contributed by atoms with van der Waals surface area (Å²) >= 11 is 0. The zero-order valence-corrected chi connectivity index (χ0v) is 16.4. The largest absolute Gasteiger partial charge is 0.389 e. The number of fused-ring (bicyclic) bond motifs is 5. The fourth-order valence-corrected chi connectivity index (χ4v) is 7.57. The maximum absolute atomic E-state index is 11.0. The van der Waals surface area contributed by atoms with E-state index >= 15 is 0 Å². The van der Waals surface area contributed by atoms with Crippen molar-refractivity contribution in [2.24, 2.45) is 28.6 Å². The van der Waals surface area contributed by atoms with Crippen molar-refractivity contribution in [3.8, 4) is 6.07 Å². The molecule has 7 atom stereocenters. The summed E-state index contributed by atoms with van der Waals surface area (Å²) in [7, 11) is 0. The van der Waals surface area contributed by atoms with Crippen LogP contribution in [0.5, 0.6) is 0 Å². The molecule has 0 aromatic carbocycles. The van der Waals surface area contributed by atoms with Crippen molar-refractivity contribution < 1.29 is 19.7 Å². The molecule has 0 aromatic rings. The van der Waals surface area contributed by atoms with Gasteiger partial charge in [-0.05, 0) is 55.3 Å². The molecular weight excluding hydrogens is 342 g/mol. The molecule has 0 aromatic heterocycles. The number of allylic oxidation sites excluding steroid dienone is 1. The molecule has 3 saturated carbocycles. The Morgan fingerprint density at radius 2 is 1.89 bits per heavy atom. The summed E-state index contributed by atoms with van der Waals surface area (Å²) < 4.78 is 12.0. The van der Waals surface area contributed by atoms with Gasteiger partial charge in [-0.1, -0.05) is 25.5 Å². The Morgan fingerprint density at radius 1 is 1.15 bits per heavy atom. The second kappa shape index (κ2) is 5.57. The van der Waals surface area contributed by atoms with Crippen LogP contribution in [0.2, 0.25) is 0 Å². The highest BCUT2D eigenvalue weighted by molar-refractivity contribution is 5.30. The van der Waals surface area contributed by atoms with Crippen molar-refractivity contribution in [3.63, 3.8) is 0 Å². The molecule has 5 rings (SSSR count). The fourth-order valence-electron chi connectivity index (χ4n) is 7.57. The number of aliphatic hydroxyl groups excluding tert-OH is 1. The normalized spacial score (nSPS) is 53.2. The van der Waals surface area contributed by atoms with E-state index in [1.807, 2.05) is 6.92 Å². The van der Waals surface area contributed by atoms with Crippen molar-refractivity contribution >= 4 is 0 Å². The molecule has 1 saturated heterocycles. The van der Waals surface area contributed by atoms with Crippen LogP contribution in [0.1, 0.15) is 58.8 Å². The summed E-state index contributed by atoms with van der Waals surface area (Å²) in [5.41, 5.74) is -0.509. The summed E-state index contributed by atoms with van der Waals surface area (Å²) in [6.07, 6.45) is 7.67. The minimum atomic E-state index is -1.62. The van der Waals surface area contributed by atoms with E-state index in [2.05, 4.69) is 19.1 Å². The molecule has 148 valence electrons. The first-order valence-corrected chi connectivity index (χ1v) is 10.6. The zero-order valence-electron chi connectivity index (χ0n) is 16.4. The Kier molecular flexibility index (Phi) is 3.74. The van der Waals surface area contributed by atoms with Crippen LogP contribution in [0, 0.1) is 39.9 Å². The number of rotatable bonds is 0. The lowest BCUT2D eigenvalue weighted by molar-refractivity contribution is -0.187. The first-order valence-electron chi connectivity index (χ1n) is 10.6. The SMILES string of the molecule is C[C@]12CCC3(CC1=CC[C@H]1[C@H]4C[C@@H](O)[C@](O)(C#N)[C@@]4(C)CC[C@@H]12)OCCO3. The molecule has 0 radical (unpaired) electrons. The number of aliphatic hydroxyl groups is 2. The highest BCUT2D eigenvalue weighted by Crippen LogP contribution is 2.67. The van der Waals surface area contributed by atoms with Gasteiger partial charge in [0.2, 0.25) is 0 Å². The van der Waals surface area contributed by atoms with Gasteiger partial charge in [-0.3, -0.25) is 0 Å². The molecule has 0 bridgehead atoms. The highest BCUT2D eigenvalue weighted by Gasteiger charge is 2.68. The smallest absolute Gasteiger partial charge is 0.182 e. The van der Waals surface area contributed by atoms with Crippen LogP contribution in [0.3, 0.4) is 0 Å². The Labute approximate surface area is 161 Å². The lowest BCUT2D eigenvalue weighted by Gasteiger charge is -2.59. The third kappa shape index (κ3) is 2.13. The Morgan fingerprint density at radius 3 is 2.59 bits per heavy atom. The third-order valence-corrected chi connectivity index (χ3v) is 9.31. The molecule has 1 heterocycles. The van der Waals surface area contributed by atoms with Gasteiger partial charge in [-0.2, -0.15) is 5.26 Å². The van der Waals surface area contributed by atoms with E-state index in [9.17, 15) is 15.5 Å². The predicted octanol–water partition coefficient (Wildman–Crippen LogP) is 2.92. The molecule has 5 heteroatoms. The topological polar surface area (TPSA) is 82.7 Å². The van der Waals surface area contributed by atoms with Crippen molar-refractivity contribution in [1.29, 1.82) is 5.26 Å². The molecule has 5 nitrogen and oxygen atoms in total. The molecule has 1 spiro atoms. The number of hydrogen-bond acceptors (Lipinski definition) is 5.